The summed E-state index contributed by atoms with van der Waals surface area (Å²) in [6.07, 6.45) is 0.704. The van der Waals surface area contributed by atoms with E-state index in [4.69, 9.17) is 14.2 Å². The number of ether oxygens (including phenoxy) is 3. The molecular weight excluding hydrogens is 478 g/mol. The number of carbonyl (C=O) groups is 4. The molecule has 9 heteroatoms. The molecule has 2 N–H and O–H groups in total. The fourth-order valence-corrected chi connectivity index (χ4v) is 3.00. The van der Waals surface area contributed by atoms with Crippen LogP contribution in [0.25, 0.3) is 0 Å². The summed E-state index contributed by atoms with van der Waals surface area (Å²) in [5, 5.41) is 12.7. The number of benzene rings is 1. The van der Waals surface area contributed by atoms with Crippen molar-refractivity contribution >= 4 is 23.9 Å². The lowest BCUT2D eigenvalue weighted by molar-refractivity contribution is -0.154. The number of rotatable bonds is 15. The summed E-state index contributed by atoms with van der Waals surface area (Å²) < 4.78 is 16.4. The Morgan fingerprint density at radius 2 is 1.38 bits per heavy atom. The van der Waals surface area contributed by atoms with Gasteiger partial charge in [-0.05, 0) is 49.8 Å². The van der Waals surface area contributed by atoms with Gasteiger partial charge in [-0.15, -0.1) is 0 Å². The van der Waals surface area contributed by atoms with Crippen LogP contribution >= 0.6 is 0 Å². The molecule has 0 aromatic heterocycles. The maximum absolute atomic E-state index is 12.5. The molecule has 0 bridgehead atoms. The van der Waals surface area contributed by atoms with Gasteiger partial charge in [0.1, 0.15) is 12.1 Å². The van der Waals surface area contributed by atoms with E-state index in [0.29, 0.717) is 18.4 Å². The van der Waals surface area contributed by atoms with E-state index in [9.17, 15) is 24.3 Å². The third-order valence-electron chi connectivity index (χ3n) is 6.54. The van der Waals surface area contributed by atoms with Crippen molar-refractivity contribution in [3.63, 3.8) is 0 Å². The van der Waals surface area contributed by atoms with Crippen LogP contribution in [-0.2, 0) is 30.3 Å². The highest BCUT2D eigenvalue weighted by atomic mass is 16.6. The molecule has 9 nitrogen and oxygen atoms in total. The Bertz CT molecular complexity index is 929. The molecule has 1 aromatic rings. The second-order valence-electron chi connectivity index (χ2n) is 10.0. The molecule has 5 atom stereocenters. The Morgan fingerprint density at radius 1 is 0.838 bits per heavy atom. The molecule has 0 spiro atoms. The zero-order valence-corrected chi connectivity index (χ0v) is 23.3. The molecule has 0 amide bonds. The fraction of sp³-hybridized carbons (Fsp3) is 0.643. The number of aliphatic carboxylic acids is 1. The zero-order chi connectivity index (χ0) is 28.3. The number of esters is 3. The summed E-state index contributed by atoms with van der Waals surface area (Å²) in [4.78, 5) is 48.9. The van der Waals surface area contributed by atoms with Crippen molar-refractivity contribution in [2.24, 2.45) is 23.7 Å². The number of carboxylic acid groups (broad SMARTS) is 1. The molecule has 0 aliphatic carbocycles. The van der Waals surface area contributed by atoms with Gasteiger partial charge in [0.2, 0.25) is 0 Å². The number of carboxylic acids is 1. The quantitative estimate of drug-likeness (QED) is 0.255. The van der Waals surface area contributed by atoms with E-state index in [2.05, 4.69) is 5.32 Å². The van der Waals surface area contributed by atoms with Crippen molar-refractivity contribution in [1.82, 2.24) is 5.32 Å². The van der Waals surface area contributed by atoms with Crippen molar-refractivity contribution < 1.29 is 38.5 Å². The Kier molecular flexibility index (Phi) is 13.3. The Labute approximate surface area is 220 Å². The zero-order valence-electron chi connectivity index (χ0n) is 23.3. The first-order valence-corrected chi connectivity index (χ1v) is 13.0. The minimum absolute atomic E-state index is 0.0614. The van der Waals surface area contributed by atoms with E-state index in [1.807, 2.05) is 27.7 Å². The highest BCUT2D eigenvalue weighted by Crippen LogP contribution is 2.31. The lowest BCUT2D eigenvalue weighted by Crippen LogP contribution is -2.43. The van der Waals surface area contributed by atoms with Crippen molar-refractivity contribution in [2.75, 3.05) is 6.54 Å². The van der Waals surface area contributed by atoms with Crippen LogP contribution in [0.15, 0.2) is 18.2 Å². The summed E-state index contributed by atoms with van der Waals surface area (Å²) in [7, 11) is 0. The summed E-state index contributed by atoms with van der Waals surface area (Å²) in [6.45, 7) is 14.7. The molecule has 0 fully saturated rings. The Balaban J connectivity index is 3.03. The van der Waals surface area contributed by atoms with Gasteiger partial charge in [0.15, 0.2) is 11.5 Å². The lowest BCUT2D eigenvalue weighted by Gasteiger charge is -2.21. The van der Waals surface area contributed by atoms with Crippen LogP contribution < -0.4 is 14.8 Å². The van der Waals surface area contributed by atoms with Gasteiger partial charge in [0.05, 0.1) is 17.8 Å². The van der Waals surface area contributed by atoms with Gasteiger partial charge >= 0.3 is 23.9 Å². The van der Waals surface area contributed by atoms with Gasteiger partial charge in [-0.3, -0.25) is 19.2 Å². The van der Waals surface area contributed by atoms with Crippen molar-refractivity contribution in [2.45, 2.75) is 86.8 Å². The Hall–Kier alpha value is -2.94. The molecule has 1 rings (SSSR count). The minimum atomic E-state index is -1.08. The molecule has 4 unspecified atom stereocenters. The second kappa shape index (κ2) is 15.3. The number of hydrogen-bond acceptors (Lipinski definition) is 8. The predicted molar refractivity (Wildman–Crippen MR) is 139 cm³/mol. The van der Waals surface area contributed by atoms with Crippen molar-refractivity contribution in [3.05, 3.63) is 23.8 Å². The van der Waals surface area contributed by atoms with Crippen LogP contribution in [0, 0.1) is 23.7 Å². The summed E-state index contributed by atoms with van der Waals surface area (Å²) >= 11 is 0. The van der Waals surface area contributed by atoms with E-state index in [1.165, 1.54) is 12.1 Å². The largest absolute Gasteiger partial charge is 0.480 e. The molecule has 37 heavy (non-hydrogen) atoms. The van der Waals surface area contributed by atoms with Crippen LogP contribution in [0.1, 0.15) is 73.8 Å². The first kappa shape index (κ1) is 32.1. The molecular formula is C28H43NO8. The van der Waals surface area contributed by atoms with Crippen LogP contribution in [-0.4, -0.2) is 47.7 Å². The van der Waals surface area contributed by atoms with E-state index in [-0.39, 0.29) is 54.1 Å². The maximum Gasteiger partial charge on any atom is 0.321 e. The number of nitrogens with one attached hydrogen (secondary N) is 1. The van der Waals surface area contributed by atoms with Gasteiger partial charge in [-0.25, -0.2) is 0 Å². The van der Waals surface area contributed by atoms with E-state index in [1.54, 1.807) is 33.8 Å². The van der Waals surface area contributed by atoms with E-state index in [0.717, 1.165) is 0 Å². The van der Waals surface area contributed by atoms with Gasteiger partial charge in [-0.1, -0.05) is 54.5 Å². The average Bonchev–Trinajstić information content (AvgIpc) is 2.85. The normalized spacial score (nSPS) is 15.3. The van der Waals surface area contributed by atoms with Crippen LogP contribution in [0.2, 0.25) is 0 Å². The molecule has 0 aliphatic rings. The first-order valence-electron chi connectivity index (χ1n) is 13.0. The van der Waals surface area contributed by atoms with Crippen LogP contribution in [0.3, 0.4) is 0 Å². The highest BCUT2D eigenvalue weighted by molar-refractivity contribution is 5.78. The SMILES string of the molecule is CCC(C)C(=O)Oc1ccc(C[C@H](NCC(C)OC(=O)C(C)C(C)C)C(=O)O)cc1OC(=O)C(C)CC. The molecule has 0 saturated heterocycles. The van der Waals surface area contributed by atoms with Crippen molar-refractivity contribution in [3.8, 4) is 11.5 Å². The average molecular weight is 522 g/mol. The third kappa shape index (κ3) is 10.5. The fourth-order valence-electron chi connectivity index (χ4n) is 3.00. The minimum Gasteiger partial charge on any atom is -0.480 e. The predicted octanol–water partition coefficient (Wildman–Crippen LogP) is 4.40. The second-order valence-corrected chi connectivity index (χ2v) is 10.0. The highest BCUT2D eigenvalue weighted by Gasteiger charge is 2.25. The monoisotopic (exact) mass is 521 g/mol. The topological polar surface area (TPSA) is 128 Å². The first-order chi connectivity index (χ1) is 17.3. The smallest absolute Gasteiger partial charge is 0.321 e. The van der Waals surface area contributed by atoms with Gasteiger partial charge in [0.25, 0.3) is 0 Å². The molecule has 208 valence electrons. The maximum atomic E-state index is 12.5. The van der Waals surface area contributed by atoms with Gasteiger partial charge < -0.3 is 24.6 Å². The van der Waals surface area contributed by atoms with Crippen LogP contribution in [0.5, 0.6) is 11.5 Å². The number of hydrogen-bond donors (Lipinski definition) is 2. The molecule has 0 aliphatic heterocycles. The van der Waals surface area contributed by atoms with E-state index >= 15 is 0 Å². The van der Waals surface area contributed by atoms with E-state index < -0.39 is 30.1 Å². The standard InChI is InChI=1S/C28H43NO8/c1-9-17(5)26(32)36-23-12-11-21(14-24(23)37-27(33)18(6)10-2)13-22(25(30)31)29-15-19(7)35-28(34)20(8)16(3)4/h11-12,14,16-20,22,29H,9-10,13,15H2,1-8H3,(H,30,31)/t17?,18?,19?,20?,22-/m0/s1. The van der Waals surface area contributed by atoms with Crippen LogP contribution in [0.4, 0.5) is 0 Å². The van der Waals surface area contributed by atoms with Gasteiger partial charge in [0, 0.05) is 6.54 Å². The lowest BCUT2D eigenvalue weighted by atomic mass is 9.98. The Morgan fingerprint density at radius 3 is 1.86 bits per heavy atom. The number of carbonyl (C=O) groups excluding carboxylic acids is 3. The molecule has 0 heterocycles. The molecule has 1 aromatic carbocycles. The van der Waals surface area contributed by atoms with Gasteiger partial charge in [-0.2, -0.15) is 0 Å². The summed E-state index contributed by atoms with van der Waals surface area (Å²) in [6, 6.07) is 3.66. The van der Waals surface area contributed by atoms with Crippen molar-refractivity contribution in [1.29, 1.82) is 0 Å². The summed E-state index contributed by atoms with van der Waals surface area (Å²) in [5.74, 6) is -2.99. The summed E-state index contributed by atoms with van der Waals surface area (Å²) in [5.41, 5.74) is 0.563. The molecule has 0 radical (unpaired) electrons. The third-order valence-corrected chi connectivity index (χ3v) is 6.54. The molecule has 0 saturated carbocycles.